The first-order valence-electron chi connectivity index (χ1n) is 30.1. The highest BCUT2D eigenvalue weighted by atomic mass is 16.7. The van der Waals surface area contributed by atoms with E-state index in [1.807, 2.05) is 0 Å². The summed E-state index contributed by atoms with van der Waals surface area (Å²) in [6, 6.07) is 0. The average Bonchev–Trinajstić information content (AvgIpc) is 3.40. The summed E-state index contributed by atoms with van der Waals surface area (Å²) in [7, 11) is 0. The first-order valence-corrected chi connectivity index (χ1v) is 30.1. The van der Waals surface area contributed by atoms with E-state index in [4.69, 9.17) is 28.4 Å². The zero-order valence-corrected chi connectivity index (χ0v) is 46.6. The number of hydrogen-bond acceptors (Lipinski definition) is 14. The molecule has 0 spiro atoms. The van der Waals surface area contributed by atoms with Gasteiger partial charge in [-0.05, 0) is 44.9 Å². The Morgan fingerprint density at radius 2 is 0.878 bits per heavy atom. The van der Waals surface area contributed by atoms with Gasteiger partial charge in [-0.15, -0.1) is 0 Å². The summed E-state index contributed by atoms with van der Waals surface area (Å²) in [5, 5.41) is 72.3. The van der Waals surface area contributed by atoms with Crippen LogP contribution in [0.2, 0.25) is 0 Å². The second kappa shape index (κ2) is 47.2. The zero-order valence-electron chi connectivity index (χ0n) is 46.6. The van der Waals surface area contributed by atoms with Crippen LogP contribution in [0.3, 0.4) is 0 Å². The van der Waals surface area contributed by atoms with Crippen molar-refractivity contribution in [2.24, 2.45) is 0 Å². The van der Waals surface area contributed by atoms with E-state index in [1.165, 1.54) is 141 Å². The molecule has 434 valence electrons. The molecule has 0 bridgehead atoms. The molecule has 14 heteroatoms. The lowest BCUT2D eigenvalue weighted by Gasteiger charge is -2.42. The quantitative estimate of drug-likeness (QED) is 0.0172. The second-order valence-corrected chi connectivity index (χ2v) is 21.2. The first-order chi connectivity index (χ1) is 36.1. The third kappa shape index (κ3) is 33.5. The van der Waals surface area contributed by atoms with E-state index >= 15 is 0 Å². The van der Waals surface area contributed by atoms with Gasteiger partial charge >= 0.3 is 5.97 Å². The SMILES string of the molecule is CC/C=C\C/C=C\C/C=C\CCCCCCCC(=O)OC(COCCCCCCCCCCCCCCCCCCCCCCCCCCC)COC1OC(COC2OC(CO)C(O)C(O)C2O)C(O)C(O)C1O. The van der Waals surface area contributed by atoms with Gasteiger partial charge in [0.1, 0.15) is 54.9 Å². The van der Waals surface area contributed by atoms with E-state index in [2.05, 4.69) is 50.3 Å². The minimum atomic E-state index is -1.71. The summed E-state index contributed by atoms with van der Waals surface area (Å²) in [6.45, 7) is 3.60. The fourth-order valence-electron chi connectivity index (χ4n) is 9.60. The van der Waals surface area contributed by atoms with E-state index in [9.17, 15) is 40.5 Å². The molecule has 11 unspecified atom stereocenters. The lowest BCUT2D eigenvalue weighted by molar-refractivity contribution is -0.332. The number of unbranched alkanes of at least 4 members (excludes halogenated alkanes) is 29. The highest BCUT2D eigenvalue weighted by molar-refractivity contribution is 5.69. The molecule has 2 saturated heterocycles. The third-order valence-corrected chi connectivity index (χ3v) is 14.4. The van der Waals surface area contributed by atoms with Gasteiger partial charge in [0.15, 0.2) is 12.6 Å². The van der Waals surface area contributed by atoms with E-state index in [0.717, 1.165) is 70.6 Å². The van der Waals surface area contributed by atoms with Gasteiger partial charge in [0.05, 0.1) is 26.4 Å². The van der Waals surface area contributed by atoms with Crippen LogP contribution < -0.4 is 0 Å². The summed E-state index contributed by atoms with van der Waals surface area (Å²) >= 11 is 0. The third-order valence-electron chi connectivity index (χ3n) is 14.4. The molecule has 2 fully saturated rings. The Bertz CT molecular complexity index is 1360. The maximum absolute atomic E-state index is 13.0. The smallest absolute Gasteiger partial charge is 0.306 e. The lowest BCUT2D eigenvalue weighted by atomic mass is 9.98. The number of aliphatic hydroxyl groups excluding tert-OH is 7. The number of esters is 1. The normalized spacial score (nSPS) is 25.0. The number of allylic oxidation sites excluding steroid dienone is 6. The van der Waals surface area contributed by atoms with Crippen LogP contribution >= 0.6 is 0 Å². The molecule has 2 rings (SSSR count). The highest BCUT2D eigenvalue weighted by Gasteiger charge is 2.47. The number of rotatable bonds is 49. The van der Waals surface area contributed by atoms with Crippen LogP contribution in [0.25, 0.3) is 0 Å². The molecular formula is C60H110O14. The fraction of sp³-hybridized carbons (Fsp3) is 0.883. The van der Waals surface area contributed by atoms with Gasteiger partial charge in [-0.25, -0.2) is 0 Å². The van der Waals surface area contributed by atoms with Crippen LogP contribution in [0, 0.1) is 0 Å². The van der Waals surface area contributed by atoms with Crippen LogP contribution in [0.15, 0.2) is 36.5 Å². The van der Waals surface area contributed by atoms with Crippen LogP contribution in [-0.4, -0.2) is 142 Å². The number of aliphatic hydroxyl groups is 7. The molecule has 0 aliphatic carbocycles. The Morgan fingerprint density at radius 3 is 1.38 bits per heavy atom. The summed E-state index contributed by atoms with van der Waals surface area (Å²) in [5.74, 6) is -0.389. The van der Waals surface area contributed by atoms with Gasteiger partial charge in [-0.1, -0.05) is 224 Å². The minimum absolute atomic E-state index is 0.0575. The van der Waals surface area contributed by atoms with E-state index in [1.54, 1.807) is 0 Å². The van der Waals surface area contributed by atoms with Crippen molar-refractivity contribution in [2.45, 2.75) is 306 Å². The van der Waals surface area contributed by atoms with Crippen LogP contribution in [-0.2, 0) is 33.2 Å². The van der Waals surface area contributed by atoms with Crippen molar-refractivity contribution in [1.82, 2.24) is 0 Å². The minimum Gasteiger partial charge on any atom is -0.457 e. The van der Waals surface area contributed by atoms with Gasteiger partial charge in [0.2, 0.25) is 0 Å². The molecule has 7 N–H and O–H groups in total. The second-order valence-electron chi connectivity index (χ2n) is 21.2. The predicted octanol–water partition coefficient (Wildman–Crippen LogP) is 10.9. The summed E-state index contributed by atoms with van der Waals surface area (Å²) < 4.78 is 34.4. The standard InChI is InChI=1S/C60H110O14/c1-3-5-7-9-11-13-15-17-19-20-21-22-23-24-25-26-27-28-30-32-34-36-38-40-42-44-69-46-49(72-52(62)43-41-39-37-35-33-31-29-18-16-14-12-10-8-6-4-2)47-70-59-58(68)56(66)54(64)51(74-59)48-71-60-57(67)55(65)53(63)50(45-61)73-60/h6,8,12,14,18,29,49-51,53-61,63-68H,3-5,7,9-11,13,15-17,19-28,30-48H2,1-2H3/b8-6-,14-12-,29-18-. The highest BCUT2D eigenvalue weighted by Crippen LogP contribution is 2.27. The molecule has 0 aromatic heterocycles. The van der Waals surface area contributed by atoms with Crippen LogP contribution in [0.4, 0.5) is 0 Å². The molecule has 11 atom stereocenters. The van der Waals surface area contributed by atoms with Crippen molar-refractivity contribution in [3.8, 4) is 0 Å². The predicted molar refractivity (Wildman–Crippen MR) is 293 cm³/mol. The number of carbonyl (C=O) groups is 1. The summed E-state index contributed by atoms with van der Waals surface area (Å²) in [5.41, 5.74) is 0. The Labute approximate surface area is 449 Å². The molecule has 74 heavy (non-hydrogen) atoms. The molecule has 0 amide bonds. The van der Waals surface area contributed by atoms with Crippen molar-refractivity contribution in [2.75, 3.05) is 33.0 Å². The van der Waals surface area contributed by atoms with Crippen molar-refractivity contribution in [3.05, 3.63) is 36.5 Å². The van der Waals surface area contributed by atoms with Crippen molar-refractivity contribution in [3.63, 3.8) is 0 Å². The average molecular weight is 1060 g/mol. The van der Waals surface area contributed by atoms with Gasteiger partial charge < -0.3 is 64.2 Å². The molecule has 2 aliphatic rings. The molecule has 2 heterocycles. The maximum atomic E-state index is 13.0. The molecule has 0 radical (unpaired) electrons. The molecule has 0 aromatic carbocycles. The van der Waals surface area contributed by atoms with Gasteiger partial charge in [-0.2, -0.15) is 0 Å². The molecule has 0 saturated carbocycles. The summed E-state index contributed by atoms with van der Waals surface area (Å²) in [4.78, 5) is 13.0. The van der Waals surface area contributed by atoms with E-state index in [0.29, 0.717) is 13.0 Å². The number of ether oxygens (including phenoxy) is 6. The van der Waals surface area contributed by atoms with Gasteiger partial charge in [0.25, 0.3) is 0 Å². The van der Waals surface area contributed by atoms with Gasteiger partial charge in [0, 0.05) is 13.0 Å². The van der Waals surface area contributed by atoms with Crippen LogP contribution in [0.1, 0.15) is 239 Å². The number of hydrogen-bond donors (Lipinski definition) is 7. The molecule has 2 aliphatic heterocycles. The largest absolute Gasteiger partial charge is 0.457 e. The number of carbonyl (C=O) groups excluding carboxylic acids is 1. The summed E-state index contributed by atoms with van der Waals surface area (Å²) in [6.07, 6.45) is 39.4. The Hall–Kier alpha value is -1.79. The van der Waals surface area contributed by atoms with Crippen LogP contribution in [0.5, 0.6) is 0 Å². The Kier molecular flexibility index (Phi) is 43.6. The lowest BCUT2D eigenvalue weighted by Crippen LogP contribution is -2.61. The fourth-order valence-corrected chi connectivity index (χ4v) is 9.60. The molecular weight excluding hydrogens is 945 g/mol. The monoisotopic (exact) mass is 1050 g/mol. The Morgan fingerprint density at radius 1 is 0.459 bits per heavy atom. The van der Waals surface area contributed by atoms with E-state index in [-0.39, 0.29) is 25.6 Å². The first kappa shape index (κ1) is 68.3. The van der Waals surface area contributed by atoms with Crippen molar-refractivity contribution < 1.29 is 69.0 Å². The van der Waals surface area contributed by atoms with Crippen molar-refractivity contribution in [1.29, 1.82) is 0 Å². The maximum Gasteiger partial charge on any atom is 0.306 e. The van der Waals surface area contributed by atoms with E-state index < -0.39 is 80.7 Å². The molecule has 14 nitrogen and oxygen atoms in total. The Balaban J connectivity index is 1.67. The zero-order chi connectivity index (χ0) is 53.7. The molecule has 0 aromatic rings. The topological polar surface area (TPSA) is 214 Å². The van der Waals surface area contributed by atoms with Gasteiger partial charge in [-0.3, -0.25) is 4.79 Å². The van der Waals surface area contributed by atoms with Crippen molar-refractivity contribution >= 4 is 5.97 Å².